The summed E-state index contributed by atoms with van der Waals surface area (Å²) >= 11 is 0. The van der Waals surface area contributed by atoms with Gasteiger partial charge in [-0.05, 0) is 38.0 Å². The van der Waals surface area contributed by atoms with Crippen LogP contribution in [-0.2, 0) is 11.2 Å². The van der Waals surface area contributed by atoms with Crippen molar-refractivity contribution in [1.82, 2.24) is 10.1 Å². The topological polar surface area (TPSA) is 68.0 Å². The maximum atomic E-state index is 12.0. The Kier molecular flexibility index (Phi) is 5.23. The van der Waals surface area contributed by atoms with Crippen LogP contribution in [0, 0.1) is 13.8 Å². The number of aromatic nitrogens is 2. The third kappa shape index (κ3) is 4.76. The molecule has 1 N–H and O–H groups in total. The van der Waals surface area contributed by atoms with Gasteiger partial charge in [0.1, 0.15) is 0 Å². The summed E-state index contributed by atoms with van der Waals surface area (Å²) in [6.07, 6.45) is 1.66. The van der Waals surface area contributed by atoms with Crippen LogP contribution in [0.5, 0.6) is 0 Å². The highest BCUT2D eigenvalue weighted by Gasteiger charge is 2.09. The lowest BCUT2D eigenvalue weighted by Gasteiger charge is -2.05. The molecular formula is C20H21N3O2. The largest absolute Gasteiger partial charge is 0.339 e. The summed E-state index contributed by atoms with van der Waals surface area (Å²) in [4.78, 5) is 16.4. The molecule has 3 aromatic rings. The maximum absolute atomic E-state index is 12.0. The van der Waals surface area contributed by atoms with Crippen molar-refractivity contribution in [2.75, 3.05) is 5.32 Å². The monoisotopic (exact) mass is 335 g/mol. The lowest BCUT2D eigenvalue weighted by Crippen LogP contribution is -2.11. The fraction of sp³-hybridized carbons (Fsp3) is 0.250. The summed E-state index contributed by atoms with van der Waals surface area (Å²) in [5.74, 6) is 1.13. The number of nitrogens with one attached hydrogen (secondary N) is 1. The first-order valence-electron chi connectivity index (χ1n) is 8.36. The van der Waals surface area contributed by atoms with Gasteiger partial charge in [0.2, 0.25) is 17.6 Å². The second-order valence-electron chi connectivity index (χ2n) is 6.15. The molecule has 0 saturated heterocycles. The Balaban J connectivity index is 1.49. The van der Waals surface area contributed by atoms with Crippen LogP contribution in [0.25, 0.3) is 11.4 Å². The highest BCUT2D eigenvalue weighted by Crippen LogP contribution is 2.17. The highest BCUT2D eigenvalue weighted by atomic mass is 16.5. The zero-order chi connectivity index (χ0) is 17.6. The molecule has 0 radical (unpaired) electrons. The molecule has 5 heteroatoms. The number of anilines is 1. The Morgan fingerprint density at radius 3 is 2.64 bits per heavy atom. The number of carbonyl (C=O) groups excluding carboxylic acids is 1. The molecule has 128 valence electrons. The van der Waals surface area contributed by atoms with Gasteiger partial charge in [-0.1, -0.05) is 47.1 Å². The van der Waals surface area contributed by atoms with Crippen LogP contribution in [0.3, 0.4) is 0 Å². The van der Waals surface area contributed by atoms with Gasteiger partial charge in [-0.3, -0.25) is 4.79 Å². The van der Waals surface area contributed by atoms with E-state index in [1.807, 2.05) is 62.4 Å². The number of nitrogens with zero attached hydrogens (tertiary/aromatic N) is 2. The van der Waals surface area contributed by atoms with E-state index in [0.717, 1.165) is 16.8 Å². The Bertz CT molecular complexity index is 853. The molecule has 2 aromatic carbocycles. The number of hydrogen-bond donors (Lipinski definition) is 1. The molecule has 0 saturated carbocycles. The van der Waals surface area contributed by atoms with E-state index in [1.165, 1.54) is 5.56 Å². The van der Waals surface area contributed by atoms with Gasteiger partial charge in [0.25, 0.3) is 0 Å². The molecule has 0 aliphatic carbocycles. The second-order valence-corrected chi connectivity index (χ2v) is 6.15. The fourth-order valence-corrected chi connectivity index (χ4v) is 2.52. The molecule has 0 fully saturated rings. The molecule has 0 bridgehead atoms. The fourth-order valence-electron chi connectivity index (χ4n) is 2.52. The van der Waals surface area contributed by atoms with Crippen molar-refractivity contribution in [3.8, 4) is 11.4 Å². The van der Waals surface area contributed by atoms with Crippen LogP contribution >= 0.6 is 0 Å². The smallest absolute Gasteiger partial charge is 0.226 e. The Hall–Kier alpha value is -2.95. The van der Waals surface area contributed by atoms with Crippen LogP contribution in [0.1, 0.15) is 29.9 Å². The number of aryl methyl sites for hydroxylation is 3. The predicted molar refractivity (Wildman–Crippen MR) is 97.2 cm³/mol. The van der Waals surface area contributed by atoms with Gasteiger partial charge in [-0.15, -0.1) is 0 Å². The third-order valence-electron chi connectivity index (χ3n) is 3.87. The van der Waals surface area contributed by atoms with Gasteiger partial charge in [-0.2, -0.15) is 4.98 Å². The van der Waals surface area contributed by atoms with Crippen molar-refractivity contribution in [3.63, 3.8) is 0 Å². The van der Waals surface area contributed by atoms with Gasteiger partial charge >= 0.3 is 0 Å². The van der Waals surface area contributed by atoms with Gasteiger partial charge in [0.05, 0.1) is 0 Å². The molecule has 1 heterocycles. The number of hydrogen-bond acceptors (Lipinski definition) is 4. The van der Waals surface area contributed by atoms with Crippen LogP contribution in [0.15, 0.2) is 53.1 Å². The average Bonchev–Trinajstić information content (AvgIpc) is 3.04. The predicted octanol–water partition coefficient (Wildman–Crippen LogP) is 4.31. The van der Waals surface area contributed by atoms with Crippen molar-refractivity contribution >= 4 is 11.6 Å². The van der Waals surface area contributed by atoms with E-state index in [9.17, 15) is 4.79 Å². The van der Waals surface area contributed by atoms with E-state index in [4.69, 9.17) is 4.52 Å². The lowest BCUT2D eigenvalue weighted by atomic mass is 10.1. The van der Waals surface area contributed by atoms with E-state index in [0.29, 0.717) is 31.0 Å². The van der Waals surface area contributed by atoms with E-state index < -0.39 is 0 Å². The molecule has 3 rings (SSSR count). The molecule has 0 aliphatic heterocycles. The first-order valence-corrected chi connectivity index (χ1v) is 8.36. The zero-order valence-corrected chi connectivity index (χ0v) is 14.5. The molecule has 0 unspecified atom stereocenters. The highest BCUT2D eigenvalue weighted by molar-refractivity contribution is 5.90. The van der Waals surface area contributed by atoms with Crippen LogP contribution < -0.4 is 5.32 Å². The van der Waals surface area contributed by atoms with Crippen LogP contribution in [0.4, 0.5) is 5.69 Å². The van der Waals surface area contributed by atoms with E-state index in [1.54, 1.807) is 0 Å². The number of carbonyl (C=O) groups is 1. The average molecular weight is 335 g/mol. The maximum Gasteiger partial charge on any atom is 0.226 e. The van der Waals surface area contributed by atoms with Crippen molar-refractivity contribution < 1.29 is 9.32 Å². The van der Waals surface area contributed by atoms with E-state index in [-0.39, 0.29) is 5.91 Å². The minimum absolute atomic E-state index is 0.0103. The molecule has 1 amide bonds. The molecule has 25 heavy (non-hydrogen) atoms. The van der Waals surface area contributed by atoms with E-state index >= 15 is 0 Å². The van der Waals surface area contributed by atoms with Gasteiger partial charge in [0.15, 0.2) is 0 Å². The molecule has 0 spiro atoms. The summed E-state index contributed by atoms with van der Waals surface area (Å²) in [6.45, 7) is 4.03. The number of rotatable bonds is 6. The van der Waals surface area contributed by atoms with Crippen molar-refractivity contribution in [2.24, 2.45) is 0 Å². The lowest BCUT2D eigenvalue weighted by molar-refractivity contribution is -0.116. The minimum atomic E-state index is -0.0103. The van der Waals surface area contributed by atoms with Crippen molar-refractivity contribution in [1.29, 1.82) is 0 Å². The normalized spacial score (nSPS) is 10.6. The Labute approximate surface area is 147 Å². The number of amides is 1. The Morgan fingerprint density at radius 1 is 1.08 bits per heavy atom. The standard InChI is InChI=1S/C20H21N3O2/c1-14-9-11-16(12-10-14)20-22-19(25-23-20)8-4-7-18(24)21-17-6-3-5-15(2)13-17/h3,5-6,9-13H,4,7-8H2,1-2H3,(H,21,24). The summed E-state index contributed by atoms with van der Waals surface area (Å²) in [5, 5.41) is 6.90. The zero-order valence-electron chi connectivity index (χ0n) is 14.5. The first-order chi connectivity index (χ1) is 12.1. The van der Waals surface area contributed by atoms with Crippen molar-refractivity contribution in [2.45, 2.75) is 33.1 Å². The van der Waals surface area contributed by atoms with Gasteiger partial charge in [0, 0.05) is 24.1 Å². The van der Waals surface area contributed by atoms with Gasteiger partial charge < -0.3 is 9.84 Å². The minimum Gasteiger partial charge on any atom is -0.339 e. The quantitative estimate of drug-likeness (QED) is 0.728. The molecule has 0 aliphatic rings. The summed E-state index contributed by atoms with van der Waals surface area (Å²) in [7, 11) is 0. The SMILES string of the molecule is Cc1ccc(-c2noc(CCCC(=O)Nc3cccc(C)c3)n2)cc1. The number of benzene rings is 2. The molecule has 5 nitrogen and oxygen atoms in total. The van der Waals surface area contributed by atoms with E-state index in [2.05, 4.69) is 15.5 Å². The summed E-state index contributed by atoms with van der Waals surface area (Å²) in [5.41, 5.74) is 4.06. The first kappa shape index (κ1) is 16.9. The van der Waals surface area contributed by atoms with Gasteiger partial charge in [-0.25, -0.2) is 0 Å². The summed E-state index contributed by atoms with van der Waals surface area (Å²) in [6, 6.07) is 15.7. The molecular weight excluding hydrogens is 314 g/mol. The third-order valence-corrected chi connectivity index (χ3v) is 3.87. The van der Waals surface area contributed by atoms with Crippen LogP contribution in [-0.4, -0.2) is 16.0 Å². The summed E-state index contributed by atoms with van der Waals surface area (Å²) < 4.78 is 5.27. The Morgan fingerprint density at radius 2 is 1.88 bits per heavy atom. The second kappa shape index (κ2) is 7.75. The van der Waals surface area contributed by atoms with Crippen LogP contribution in [0.2, 0.25) is 0 Å². The molecule has 0 atom stereocenters. The van der Waals surface area contributed by atoms with Crippen molar-refractivity contribution in [3.05, 3.63) is 65.5 Å². The molecule has 1 aromatic heterocycles.